The number of benzene rings is 1. The SMILES string of the molecule is CC(C)(C)[C@@H](c1cccc(I)c1)N1CCNCC1.Cl.Cl. The maximum atomic E-state index is 3.44. The average Bonchev–Trinajstić information content (AvgIpc) is 2.28. The third kappa shape index (κ3) is 5.34. The first kappa shape index (κ1) is 20.5. The Bertz CT molecular complexity index is 401. The molecule has 0 spiro atoms. The number of halogens is 3. The highest BCUT2D eigenvalue weighted by Gasteiger charge is 2.32. The second-order valence-electron chi connectivity index (χ2n) is 6.11. The van der Waals surface area contributed by atoms with Gasteiger partial charge in [-0.25, -0.2) is 0 Å². The maximum absolute atomic E-state index is 3.44. The summed E-state index contributed by atoms with van der Waals surface area (Å²) in [5.74, 6) is 0. The van der Waals surface area contributed by atoms with Crippen molar-refractivity contribution < 1.29 is 0 Å². The molecule has 1 heterocycles. The van der Waals surface area contributed by atoms with Crippen LogP contribution in [0.25, 0.3) is 0 Å². The van der Waals surface area contributed by atoms with Crippen LogP contribution in [0.1, 0.15) is 32.4 Å². The number of hydrogen-bond acceptors (Lipinski definition) is 2. The number of nitrogens with zero attached hydrogens (tertiary/aromatic N) is 1. The molecule has 116 valence electrons. The first-order chi connectivity index (χ1) is 8.48. The summed E-state index contributed by atoms with van der Waals surface area (Å²) in [4.78, 5) is 2.63. The molecule has 0 saturated carbocycles. The second kappa shape index (κ2) is 8.79. The van der Waals surface area contributed by atoms with Gasteiger partial charge in [0, 0.05) is 35.8 Å². The van der Waals surface area contributed by atoms with E-state index in [4.69, 9.17) is 0 Å². The average molecular weight is 431 g/mol. The fraction of sp³-hybridized carbons (Fsp3) is 0.600. The molecule has 1 aliphatic rings. The number of piperazine rings is 1. The quantitative estimate of drug-likeness (QED) is 0.709. The second-order valence-corrected chi connectivity index (χ2v) is 7.36. The number of nitrogens with one attached hydrogen (secondary N) is 1. The van der Waals surface area contributed by atoms with E-state index in [0.29, 0.717) is 6.04 Å². The van der Waals surface area contributed by atoms with Crippen molar-refractivity contribution in [2.75, 3.05) is 26.2 Å². The fourth-order valence-corrected chi connectivity index (χ4v) is 3.44. The lowest BCUT2D eigenvalue weighted by atomic mass is 9.81. The topological polar surface area (TPSA) is 15.3 Å². The Balaban J connectivity index is 0.00000180. The summed E-state index contributed by atoms with van der Waals surface area (Å²) < 4.78 is 1.33. The summed E-state index contributed by atoms with van der Waals surface area (Å²) in [5.41, 5.74) is 1.72. The van der Waals surface area contributed by atoms with E-state index in [2.05, 4.69) is 77.8 Å². The Morgan fingerprint density at radius 3 is 2.25 bits per heavy atom. The predicted molar refractivity (Wildman–Crippen MR) is 100 cm³/mol. The van der Waals surface area contributed by atoms with E-state index in [1.54, 1.807) is 0 Å². The van der Waals surface area contributed by atoms with Crippen molar-refractivity contribution in [3.8, 4) is 0 Å². The summed E-state index contributed by atoms with van der Waals surface area (Å²) in [5, 5.41) is 3.44. The van der Waals surface area contributed by atoms with Crippen molar-refractivity contribution in [2.45, 2.75) is 26.8 Å². The Kier molecular flexibility index (Phi) is 8.98. The summed E-state index contributed by atoms with van der Waals surface area (Å²) in [7, 11) is 0. The fourth-order valence-electron chi connectivity index (χ4n) is 2.88. The van der Waals surface area contributed by atoms with Crippen LogP contribution in [0.2, 0.25) is 0 Å². The lowest BCUT2D eigenvalue weighted by Crippen LogP contribution is -2.48. The van der Waals surface area contributed by atoms with Gasteiger partial charge in [0.1, 0.15) is 0 Å². The van der Waals surface area contributed by atoms with Crippen molar-refractivity contribution in [2.24, 2.45) is 5.41 Å². The van der Waals surface area contributed by atoms with Crippen molar-refractivity contribution in [3.63, 3.8) is 0 Å². The van der Waals surface area contributed by atoms with Crippen LogP contribution in [0, 0.1) is 8.99 Å². The summed E-state index contributed by atoms with van der Waals surface area (Å²) in [6.45, 7) is 11.5. The molecule has 1 N–H and O–H groups in total. The molecule has 2 nitrogen and oxygen atoms in total. The summed E-state index contributed by atoms with van der Waals surface area (Å²) >= 11 is 2.41. The summed E-state index contributed by atoms with van der Waals surface area (Å²) in [6, 6.07) is 9.47. The van der Waals surface area contributed by atoms with Gasteiger partial charge in [-0.15, -0.1) is 24.8 Å². The van der Waals surface area contributed by atoms with Gasteiger partial charge in [-0.2, -0.15) is 0 Å². The van der Waals surface area contributed by atoms with Crippen molar-refractivity contribution >= 4 is 47.4 Å². The van der Waals surface area contributed by atoms with E-state index < -0.39 is 0 Å². The summed E-state index contributed by atoms with van der Waals surface area (Å²) in [6.07, 6.45) is 0. The van der Waals surface area contributed by atoms with Crippen LogP contribution in [-0.2, 0) is 0 Å². The zero-order valence-corrected chi connectivity index (χ0v) is 16.1. The molecule has 0 aromatic heterocycles. The predicted octanol–water partition coefficient (Wildman–Crippen LogP) is 4.13. The van der Waals surface area contributed by atoms with Crippen LogP contribution < -0.4 is 5.32 Å². The molecule has 1 aromatic carbocycles. The van der Waals surface area contributed by atoms with Gasteiger partial charge in [0.25, 0.3) is 0 Å². The smallest absolute Gasteiger partial charge is 0.0397 e. The van der Waals surface area contributed by atoms with Crippen LogP contribution >= 0.6 is 47.4 Å². The van der Waals surface area contributed by atoms with Crippen LogP contribution in [0.5, 0.6) is 0 Å². The van der Waals surface area contributed by atoms with E-state index in [0.717, 1.165) is 26.2 Å². The zero-order valence-electron chi connectivity index (χ0n) is 12.4. The third-order valence-corrected chi connectivity index (χ3v) is 4.17. The minimum absolute atomic E-state index is 0. The van der Waals surface area contributed by atoms with Crippen molar-refractivity contribution in [3.05, 3.63) is 33.4 Å². The van der Waals surface area contributed by atoms with Gasteiger partial charge >= 0.3 is 0 Å². The van der Waals surface area contributed by atoms with Gasteiger partial charge in [0.05, 0.1) is 0 Å². The molecular formula is C15H25Cl2IN2. The molecule has 0 bridgehead atoms. The molecule has 0 radical (unpaired) electrons. The van der Waals surface area contributed by atoms with Crippen LogP contribution in [0.4, 0.5) is 0 Å². The molecule has 0 unspecified atom stereocenters. The molecule has 0 aliphatic carbocycles. The van der Waals surface area contributed by atoms with Gasteiger partial charge in [0.15, 0.2) is 0 Å². The lowest BCUT2D eigenvalue weighted by Gasteiger charge is -2.42. The van der Waals surface area contributed by atoms with Crippen LogP contribution in [-0.4, -0.2) is 31.1 Å². The van der Waals surface area contributed by atoms with E-state index in [9.17, 15) is 0 Å². The lowest BCUT2D eigenvalue weighted by molar-refractivity contribution is 0.0862. The van der Waals surface area contributed by atoms with Crippen LogP contribution in [0.3, 0.4) is 0 Å². The Morgan fingerprint density at radius 1 is 1.15 bits per heavy atom. The standard InChI is InChI=1S/C15H23IN2.2ClH/c1-15(2,3)14(18-9-7-17-8-10-18)12-5-4-6-13(16)11-12;;/h4-6,11,14,17H,7-10H2,1-3H3;2*1H/t14-;;/m1../s1. The largest absolute Gasteiger partial charge is 0.314 e. The molecular weight excluding hydrogens is 406 g/mol. The van der Waals surface area contributed by atoms with E-state index >= 15 is 0 Å². The van der Waals surface area contributed by atoms with Gasteiger partial charge in [0.2, 0.25) is 0 Å². The Labute approximate surface area is 149 Å². The van der Waals surface area contributed by atoms with E-state index in [1.165, 1.54) is 9.13 Å². The minimum atomic E-state index is 0. The molecule has 5 heteroatoms. The van der Waals surface area contributed by atoms with Crippen molar-refractivity contribution in [1.29, 1.82) is 0 Å². The molecule has 1 aromatic rings. The minimum Gasteiger partial charge on any atom is -0.314 e. The van der Waals surface area contributed by atoms with E-state index in [1.807, 2.05) is 0 Å². The Hall–Kier alpha value is 0.450. The first-order valence-corrected chi connectivity index (χ1v) is 7.76. The molecule has 1 atom stereocenters. The van der Waals surface area contributed by atoms with E-state index in [-0.39, 0.29) is 30.2 Å². The van der Waals surface area contributed by atoms with Gasteiger partial charge in [-0.3, -0.25) is 4.90 Å². The molecule has 20 heavy (non-hydrogen) atoms. The molecule has 1 fully saturated rings. The highest BCUT2D eigenvalue weighted by Crippen LogP contribution is 2.38. The Morgan fingerprint density at radius 2 is 1.75 bits per heavy atom. The first-order valence-electron chi connectivity index (χ1n) is 6.69. The molecule has 2 rings (SSSR count). The monoisotopic (exact) mass is 430 g/mol. The molecule has 1 saturated heterocycles. The number of hydrogen-bond donors (Lipinski definition) is 1. The maximum Gasteiger partial charge on any atom is 0.0397 e. The highest BCUT2D eigenvalue weighted by molar-refractivity contribution is 14.1. The third-order valence-electron chi connectivity index (χ3n) is 3.50. The van der Waals surface area contributed by atoms with Gasteiger partial charge in [-0.1, -0.05) is 32.9 Å². The van der Waals surface area contributed by atoms with Crippen molar-refractivity contribution in [1.82, 2.24) is 10.2 Å². The highest BCUT2D eigenvalue weighted by atomic mass is 127. The van der Waals surface area contributed by atoms with Gasteiger partial charge < -0.3 is 5.32 Å². The number of rotatable bonds is 2. The zero-order chi connectivity index (χ0) is 13.2. The normalized spacial score (nSPS) is 17.8. The molecule has 1 aliphatic heterocycles. The molecule has 0 amide bonds. The van der Waals surface area contributed by atoms with Crippen LogP contribution in [0.15, 0.2) is 24.3 Å². The van der Waals surface area contributed by atoms with Gasteiger partial charge in [-0.05, 0) is 45.7 Å².